The standard InChI is InChI=1S/C6H6O2.H4Si/c7-5-1-2-6(8)4-3-5;/h1-4,7-8H;1H4. The second-order valence-electron chi connectivity index (χ2n) is 1.52. The van der Waals surface area contributed by atoms with Crippen molar-refractivity contribution in [1.29, 1.82) is 0 Å². The lowest BCUT2D eigenvalue weighted by Gasteiger charge is -1.88. The quantitative estimate of drug-likeness (QED) is 0.384. The van der Waals surface area contributed by atoms with Crippen LogP contribution >= 0.6 is 0 Å². The first kappa shape index (κ1) is 8.04. The van der Waals surface area contributed by atoms with Crippen LogP contribution in [0, 0.1) is 0 Å². The molecule has 1 aromatic carbocycles. The molecule has 0 aliphatic heterocycles. The minimum Gasteiger partial charge on any atom is -0.508 e. The van der Waals surface area contributed by atoms with E-state index in [1.54, 1.807) is 0 Å². The Morgan fingerprint density at radius 3 is 1.22 bits per heavy atom. The van der Waals surface area contributed by atoms with Gasteiger partial charge in [0.25, 0.3) is 0 Å². The lowest BCUT2D eigenvalue weighted by Crippen LogP contribution is -1.61. The van der Waals surface area contributed by atoms with Gasteiger partial charge in [0.05, 0.1) is 0 Å². The van der Waals surface area contributed by atoms with E-state index in [0.717, 1.165) is 0 Å². The van der Waals surface area contributed by atoms with Crippen molar-refractivity contribution in [2.45, 2.75) is 0 Å². The third-order valence-electron chi connectivity index (χ3n) is 0.850. The van der Waals surface area contributed by atoms with Crippen molar-refractivity contribution in [3.63, 3.8) is 0 Å². The van der Waals surface area contributed by atoms with E-state index in [1.165, 1.54) is 24.3 Å². The van der Waals surface area contributed by atoms with Crippen molar-refractivity contribution in [3.05, 3.63) is 24.3 Å². The highest BCUT2D eigenvalue weighted by Gasteiger charge is 1.84. The van der Waals surface area contributed by atoms with Crippen LogP contribution in [0.2, 0.25) is 0 Å². The van der Waals surface area contributed by atoms with E-state index >= 15 is 0 Å². The fourth-order valence-electron chi connectivity index (χ4n) is 0.453. The first-order chi connectivity index (χ1) is 3.79. The molecule has 0 saturated carbocycles. The molecule has 50 valence electrons. The third kappa shape index (κ3) is 2.19. The number of hydrogen-bond acceptors (Lipinski definition) is 2. The molecule has 0 aliphatic rings. The fraction of sp³-hybridized carbons (Fsp3) is 0. The Balaban J connectivity index is 0.000000640. The zero-order valence-corrected chi connectivity index (χ0v) is 4.20. The molecule has 3 heteroatoms. The van der Waals surface area contributed by atoms with E-state index in [0.29, 0.717) is 0 Å². The minimum atomic E-state index is 0. The van der Waals surface area contributed by atoms with Gasteiger partial charge in [-0.1, -0.05) is 0 Å². The fourth-order valence-corrected chi connectivity index (χ4v) is 0.453. The second-order valence-corrected chi connectivity index (χ2v) is 1.52. The first-order valence-corrected chi connectivity index (χ1v) is 2.27. The van der Waals surface area contributed by atoms with Crippen LogP contribution in [0.15, 0.2) is 24.3 Å². The van der Waals surface area contributed by atoms with Crippen molar-refractivity contribution >= 4 is 11.0 Å². The maximum atomic E-state index is 8.65. The Morgan fingerprint density at radius 1 is 0.778 bits per heavy atom. The molecule has 0 radical (unpaired) electrons. The van der Waals surface area contributed by atoms with Crippen LogP contribution < -0.4 is 0 Å². The maximum Gasteiger partial charge on any atom is 0.115 e. The molecule has 0 unspecified atom stereocenters. The SMILES string of the molecule is Oc1ccc(O)cc1.[SiH4]. The molecule has 0 bridgehead atoms. The van der Waals surface area contributed by atoms with Crippen molar-refractivity contribution in [2.75, 3.05) is 0 Å². The number of rotatable bonds is 0. The van der Waals surface area contributed by atoms with Gasteiger partial charge in [0.2, 0.25) is 0 Å². The average molecular weight is 142 g/mol. The third-order valence-corrected chi connectivity index (χ3v) is 0.850. The van der Waals surface area contributed by atoms with Gasteiger partial charge in [-0.25, -0.2) is 0 Å². The summed E-state index contributed by atoms with van der Waals surface area (Å²) < 4.78 is 0. The van der Waals surface area contributed by atoms with Crippen LogP contribution in [0.3, 0.4) is 0 Å². The first-order valence-electron chi connectivity index (χ1n) is 2.27. The molecule has 0 fully saturated rings. The van der Waals surface area contributed by atoms with Gasteiger partial charge in [0.1, 0.15) is 11.5 Å². The number of aromatic hydroxyl groups is 2. The van der Waals surface area contributed by atoms with Gasteiger partial charge in [-0.05, 0) is 35.2 Å². The van der Waals surface area contributed by atoms with Crippen LogP contribution in [0.1, 0.15) is 0 Å². The summed E-state index contributed by atoms with van der Waals surface area (Å²) in [6.45, 7) is 0. The summed E-state index contributed by atoms with van der Waals surface area (Å²) in [6.07, 6.45) is 0. The molecule has 2 nitrogen and oxygen atoms in total. The van der Waals surface area contributed by atoms with Gasteiger partial charge < -0.3 is 10.2 Å². The van der Waals surface area contributed by atoms with Crippen molar-refractivity contribution < 1.29 is 10.2 Å². The Kier molecular flexibility index (Phi) is 2.80. The van der Waals surface area contributed by atoms with E-state index in [4.69, 9.17) is 10.2 Å². The minimum absolute atomic E-state index is 0. The topological polar surface area (TPSA) is 40.5 Å². The molecule has 0 heterocycles. The van der Waals surface area contributed by atoms with Crippen LogP contribution in [0.5, 0.6) is 11.5 Å². The molecule has 0 spiro atoms. The Hall–Kier alpha value is -0.963. The van der Waals surface area contributed by atoms with Crippen LogP contribution in [0.25, 0.3) is 0 Å². The molecule has 9 heavy (non-hydrogen) atoms. The zero-order valence-electron chi connectivity index (χ0n) is 4.20. The highest BCUT2D eigenvalue weighted by atomic mass is 28.1. The highest BCUT2D eigenvalue weighted by Crippen LogP contribution is 2.13. The number of benzene rings is 1. The summed E-state index contributed by atoms with van der Waals surface area (Å²) in [5.41, 5.74) is 0. The van der Waals surface area contributed by atoms with Gasteiger partial charge in [-0.2, -0.15) is 0 Å². The molecule has 0 aromatic heterocycles. The zero-order chi connectivity index (χ0) is 5.98. The number of phenols is 2. The molecular weight excluding hydrogens is 132 g/mol. The lowest BCUT2D eigenvalue weighted by molar-refractivity contribution is 0.460. The Morgan fingerprint density at radius 2 is 1.00 bits per heavy atom. The molecule has 0 amide bonds. The van der Waals surface area contributed by atoms with E-state index in [9.17, 15) is 0 Å². The Bertz CT molecular complexity index is 150. The smallest absolute Gasteiger partial charge is 0.115 e. The molecule has 0 saturated heterocycles. The molecule has 1 aromatic rings. The van der Waals surface area contributed by atoms with Gasteiger partial charge in [-0.15, -0.1) is 0 Å². The summed E-state index contributed by atoms with van der Waals surface area (Å²) >= 11 is 0. The van der Waals surface area contributed by atoms with Crippen molar-refractivity contribution in [3.8, 4) is 11.5 Å². The second kappa shape index (κ2) is 3.14. The summed E-state index contributed by atoms with van der Waals surface area (Å²) in [5, 5.41) is 17.3. The van der Waals surface area contributed by atoms with Gasteiger partial charge in [0.15, 0.2) is 0 Å². The highest BCUT2D eigenvalue weighted by molar-refractivity contribution is 5.75. The van der Waals surface area contributed by atoms with Gasteiger partial charge in [-0.3, -0.25) is 0 Å². The summed E-state index contributed by atoms with van der Waals surface area (Å²) in [6, 6.07) is 5.70. The Labute approximate surface area is 57.8 Å². The largest absolute Gasteiger partial charge is 0.508 e. The number of phenolic OH excluding ortho intramolecular Hbond substituents is 2. The average Bonchev–Trinajstić information content (AvgIpc) is 1.77. The van der Waals surface area contributed by atoms with Gasteiger partial charge >= 0.3 is 0 Å². The summed E-state index contributed by atoms with van der Waals surface area (Å²) in [4.78, 5) is 0. The predicted octanol–water partition coefficient (Wildman–Crippen LogP) is -0.354. The van der Waals surface area contributed by atoms with Crippen LogP contribution in [-0.2, 0) is 0 Å². The molecule has 0 atom stereocenters. The lowest BCUT2D eigenvalue weighted by atomic mass is 10.3. The normalized spacial score (nSPS) is 8.00. The molecule has 1 rings (SSSR count). The van der Waals surface area contributed by atoms with Crippen molar-refractivity contribution in [2.24, 2.45) is 0 Å². The van der Waals surface area contributed by atoms with Gasteiger partial charge in [0, 0.05) is 0 Å². The van der Waals surface area contributed by atoms with E-state index in [1.807, 2.05) is 0 Å². The van der Waals surface area contributed by atoms with E-state index in [-0.39, 0.29) is 22.5 Å². The summed E-state index contributed by atoms with van der Waals surface area (Å²) in [7, 11) is 0. The predicted molar refractivity (Wildman–Crippen MR) is 41.1 cm³/mol. The molecule has 2 N–H and O–H groups in total. The maximum absolute atomic E-state index is 8.65. The molecule has 0 aliphatic carbocycles. The van der Waals surface area contributed by atoms with Crippen LogP contribution in [0.4, 0.5) is 0 Å². The molecular formula is C6H10O2Si. The summed E-state index contributed by atoms with van der Waals surface area (Å²) in [5.74, 6) is 0.339. The monoisotopic (exact) mass is 142 g/mol. The van der Waals surface area contributed by atoms with E-state index in [2.05, 4.69) is 0 Å². The number of hydrogen-bond donors (Lipinski definition) is 2. The van der Waals surface area contributed by atoms with Crippen molar-refractivity contribution in [1.82, 2.24) is 0 Å². The van der Waals surface area contributed by atoms with Crippen LogP contribution in [-0.4, -0.2) is 21.2 Å². The van der Waals surface area contributed by atoms with E-state index < -0.39 is 0 Å².